The summed E-state index contributed by atoms with van der Waals surface area (Å²) in [6.45, 7) is 4.53. The van der Waals surface area contributed by atoms with Gasteiger partial charge in [-0.3, -0.25) is 0 Å². The van der Waals surface area contributed by atoms with Crippen LogP contribution in [0.3, 0.4) is 0 Å². The molecule has 0 unspecified atom stereocenters. The third-order valence-corrected chi connectivity index (χ3v) is 3.68. The van der Waals surface area contributed by atoms with Gasteiger partial charge in [0.2, 0.25) is 0 Å². The van der Waals surface area contributed by atoms with Crippen LogP contribution in [0.5, 0.6) is 0 Å². The summed E-state index contributed by atoms with van der Waals surface area (Å²) in [7, 11) is 4.05. The number of piperazine rings is 1. The molecule has 0 aromatic heterocycles. The zero-order valence-electron chi connectivity index (χ0n) is 9.20. The number of nitrogens with zero attached hydrogens (tertiary/aromatic N) is 1. The van der Waals surface area contributed by atoms with E-state index in [1.54, 1.807) is 0 Å². The van der Waals surface area contributed by atoms with Crippen molar-refractivity contribution >= 4 is 17.4 Å². The number of rotatable bonds is 2. The lowest BCUT2D eigenvalue weighted by atomic mass is 10.2. The first-order chi connectivity index (χ1) is 7.31. The number of hydrogen-bond acceptors (Lipinski definition) is 2. The van der Waals surface area contributed by atoms with Crippen LogP contribution in [0.4, 0.5) is 5.69 Å². The van der Waals surface area contributed by atoms with E-state index in [0.717, 1.165) is 26.2 Å². The fourth-order valence-electron chi connectivity index (χ4n) is 1.95. The minimum atomic E-state index is 1.12. The molecule has 0 saturated carbocycles. The summed E-state index contributed by atoms with van der Waals surface area (Å²) in [4.78, 5) is 5.25. The van der Waals surface area contributed by atoms with Crippen LogP contribution in [0.1, 0.15) is 0 Å². The quantitative estimate of drug-likeness (QED) is 0.587. The number of benzene rings is 1. The largest absolute Gasteiger partial charge is 0.465 e. The fourth-order valence-corrected chi connectivity index (χ4v) is 2.58. The molecule has 1 aliphatic heterocycles. The zero-order valence-corrected chi connectivity index (χ0v) is 10.0. The van der Waals surface area contributed by atoms with Crippen LogP contribution >= 0.6 is 11.8 Å². The maximum atomic E-state index is 4.05. The third kappa shape index (κ3) is 2.47. The van der Waals surface area contributed by atoms with E-state index in [2.05, 4.69) is 42.5 Å². The normalized spacial score (nSPS) is 18.1. The van der Waals surface area contributed by atoms with Crippen molar-refractivity contribution in [3.05, 3.63) is 31.3 Å². The van der Waals surface area contributed by atoms with E-state index in [9.17, 15) is 0 Å². The molecule has 0 radical (unpaired) electrons. The molecular weight excluding hydrogens is 204 g/mol. The Morgan fingerprint density at radius 1 is 1.27 bits per heavy atom. The van der Waals surface area contributed by atoms with Gasteiger partial charge in [-0.1, -0.05) is 12.1 Å². The fraction of sp³-hybridized carbons (Fsp3) is 0.417. The standard InChI is InChI=1S/C12H18N2S/c1-13-7-9-14(10-8-13)11-5-3-4-6-12(11)15-2/h3-6,13H,1,7-10H2,2H3. The van der Waals surface area contributed by atoms with Crippen molar-refractivity contribution in [2.45, 2.75) is 4.90 Å². The highest BCUT2D eigenvalue weighted by molar-refractivity contribution is 7.98. The van der Waals surface area contributed by atoms with Gasteiger partial charge in [-0.2, -0.15) is 7.05 Å². The van der Waals surface area contributed by atoms with E-state index in [-0.39, 0.29) is 0 Å². The Kier molecular flexibility index (Phi) is 3.54. The minimum Gasteiger partial charge on any atom is -0.465 e. The average Bonchev–Trinajstić information content (AvgIpc) is 2.30. The van der Waals surface area contributed by atoms with Gasteiger partial charge in [0.25, 0.3) is 0 Å². The predicted molar refractivity (Wildman–Crippen MR) is 66.5 cm³/mol. The molecule has 2 nitrogen and oxygen atoms in total. The van der Waals surface area contributed by atoms with E-state index in [1.165, 1.54) is 15.5 Å². The molecule has 0 atom stereocenters. The zero-order chi connectivity index (χ0) is 10.7. The lowest BCUT2D eigenvalue weighted by Crippen LogP contribution is -3.10. The molecule has 0 amide bonds. The molecule has 1 aromatic rings. The topological polar surface area (TPSA) is 7.68 Å². The van der Waals surface area contributed by atoms with Gasteiger partial charge in [-0.05, 0) is 18.4 Å². The summed E-state index contributed by atoms with van der Waals surface area (Å²) in [6.07, 6.45) is 2.14. The molecule has 1 fully saturated rings. The van der Waals surface area contributed by atoms with E-state index in [0.29, 0.717) is 0 Å². The number of hydrogen-bond donors (Lipinski definition) is 1. The van der Waals surface area contributed by atoms with Gasteiger partial charge >= 0.3 is 0 Å². The number of para-hydroxylation sites is 1. The minimum absolute atomic E-state index is 1.12. The van der Waals surface area contributed by atoms with Crippen molar-refractivity contribution in [3.63, 3.8) is 0 Å². The molecule has 1 heterocycles. The SMILES string of the molecule is [CH2-][NH+]1CCN(c2ccccc2SC)CC1. The van der Waals surface area contributed by atoms with Crippen LogP contribution < -0.4 is 9.80 Å². The molecule has 15 heavy (non-hydrogen) atoms. The van der Waals surface area contributed by atoms with Gasteiger partial charge in [0.1, 0.15) is 0 Å². The van der Waals surface area contributed by atoms with Crippen molar-refractivity contribution in [1.29, 1.82) is 0 Å². The lowest BCUT2D eigenvalue weighted by molar-refractivity contribution is -0.854. The van der Waals surface area contributed by atoms with Crippen molar-refractivity contribution < 1.29 is 4.90 Å². The van der Waals surface area contributed by atoms with Crippen LogP contribution in [0.25, 0.3) is 0 Å². The smallest absolute Gasteiger partial charge is 0.0709 e. The Balaban J connectivity index is 2.15. The second-order valence-electron chi connectivity index (χ2n) is 3.91. The number of quaternary nitrogens is 1. The van der Waals surface area contributed by atoms with E-state index < -0.39 is 0 Å². The summed E-state index contributed by atoms with van der Waals surface area (Å²) >= 11 is 1.83. The first-order valence-electron chi connectivity index (χ1n) is 5.36. The highest BCUT2D eigenvalue weighted by atomic mass is 32.2. The van der Waals surface area contributed by atoms with E-state index in [1.807, 2.05) is 11.8 Å². The van der Waals surface area contributed by atoms with Crippen molar-refractivity contribution in [3.8, 4) is 0 Å². The van der Waals surface area contributed by atoms with Gasteiger partial charge in [0.05, 0.1) is 31.9 Å². The molecule has 3 heteroatoms. The molecule has 0 spiro atoms. The monoisotopic (exact) mass is 222 g/mol. The summed E-state index contributed by atoms with van der Waals surface area (Å²) in [5.74, 6) is 0. The summed E-state index contributed by atoms with van der Waals surface area (Å²) < 4.78 is 0. The summed E-state index contributed by atoms with van der Waals surface area (Å²) in [6, 6.07) is 8.65. The van der Waals surface area contributed by atoms with Gasteiger partial charge in [0, 0.05) is 4.90 Å². The highest BCUT2D eigenvalue weighted by Gasteiger charge is 2.16. The van der Waals surface area contributed by atoms with Crippen LogP contribution in [-0.4, -0.2) is 32.4 Å². The first-order valence-corrected chi connectivity index (χ1v) is 6.58. The van der Waals surface area contributed by atoms with Gasteiger partial charge in [-0.25, -0.2) is 0 Å². The van der Waals surface area contributed by atoms with Gasteiger partial charge in [-0.15, -0.1) is 11.8 Å². The number of nitrogens with one attached hydrogen (secondary N) is 1. The van der Waals surface area contributed by atoms with Crippen molar-refractivity contribution in [2.24, 2.45) is 0 Å². The Hall–Kier alpha value is -0.670. The molecular formula is C12H18N2S. The Morgan fingerprint density at radius 2 is 1.93 bits per heavy atom. The second-order valence-corrected chi connectivity index (χ2v) is 4.76. The van der Waals surface area contributed by atoms with Crippen LogP contribution in [0.15, 0.2) is 29.2 Å². The highest BCUT2D eigenvalue weighted by Crippen LogP contribution is 2.27. The number of anilines is 1. The second kappa shape index (κ2) is 4.90. The van der Waals surface area contributed by atoms with Crippen molar-refractivity contribution in [2.75, 3.05) is 37.3 Å². The van der Waals surface area contributed by atoms with Crippen LogP contribution in [-0.2, 0) is 0 Å². The number of thioether (sulfide) groups is 1. The average molecular weight is 222 g/mol. The third-order valence-electron chi connectivity index (χ3n) is 2.90. The lowest BCUT2D eigenvalue weighted by Gasteiger charge is -2.36. The molecule has 2 rings (SSSR count). The maximum absolute atomic E-state index is 4.05. The molecule has 1 aromatic carbocycles. The molecule has 0 bridgehead atoms. The Labute approximate surface area is 96.3 Å². The molecule has 1 saturated heterocycles. The Bertz CT molecular complexity index is 319. The summed E-state index contributed by atoms with van der Waals surface area (Å²) in [5, 5.41) is 0. The van der Waals surface area contributed by atoms with E-state index in [4.69, 9.17) is 0 Å². The summed E-state index contributed by atoms with van der Waals surface area (Å²) in [5.41, 5.74) is 1.39. The molecule has 0 aliphatic carbocycles. The van der Waals surface area contributed by atoms with Gasteiger partial charge in [0.15, 0.2) is 0 Å². The van der Waals surface area contributed by atoms with Gasteiger partial charge < -0.3 is 9.80 Å². The van der Waals surface area contributed by atoms with E-state index >= 15 is 0 Å². The van der Waals surface area contributed by atoms with Crippen LogP contribution in [0, 0.1) is 7.05 Å². The van der Waals surface area contributed by atoms with Crippen molar-refractivity contribution in [1.82, 2.24) is 0 Å². The predicted octanol–water partition coefficient (Wildman–Crippen LogP) is 0.905. The van der Waals surface area contributed by atoms with Crippen LogP contribution in [0.2, 0.25) is 0 Å². The molecule has 82 valence electrons. The Morgan fingerprint density at radius 3 is 2.60 bits per heavy atom. The molecule has 1 N–H and O–H groups in total. The maximum Gasteiger partial charge on any atom is 0.0709 e. The molecule has 1 aliphatic rings. The first kappa shape index (κ1) is 10.8.